The Morgan fingerprint density at radius 1 is 1.06 bits per heavy atom. The fraction of sp³-hybridized carbons (Fsp3) is 0.348. The Labute approximate surface area is 192 Å². The molecule has 0 fully saturated rings. The van der Waals surface area contributed by atoms with Crippen LogP contribution in [0.1, 0.15) is 31.9 Å². The molecule has 1 aromatic heterocycles. The van der Waals surface area contributed by atoms with Crippen LogP contribution in [-0.4, -0.2) is 38.2 Å². The van der Waals surface area contributed by atoms with Gasteiger partial charge in [-0.2, -0.15) is 0 Å². The molecule has 0 saturated carbocycles. The Morgan fingerprint density at radius 3 is 2.44 bits per heavy atom. The fourth-order valence-electron chi connectivity index (χ4n) is 2.99. The average molecular weight is 480 g/mol. The molecular weight excluding hydrogens is 454 g/mol. The minimum Gasteiger partial charge on any atom is -0.444 e. The van der Waals surface area contributed by atoms with Crippen molar-refractivity contribution in [3.63, 3.8) is 0 Å². The van der Waals surface area contributed by atoms with Crippen molar-refractivity contribution in [2.75, 3.05) is 13.2 Å². The van der Waals surface area contributed by atoms with Gasteiger partial charge in [-0.3, -0.25) is 0 Å². The smallest absolute Gasteiger partial charge is 0.410 e. The number of rotatable bonds is 8. The van der Waals surface area contributed by atoms with Crippen LogP contribution in [0.3, 0.4) is 0 Å². The van der Waals surface area contributed by atoms with Crippen LogP contribution in [0, 0.1) is 0 Å². The van der Waals surface area contributed by atoms with Crippen molar-refractivity contribution in [1.82, 2.24) is 4.90 Å². The fourth-order valence-corrected chi connectivity index (χ4v) is 3.68. The number of hydrogen-bond donors (Lipinski definition) is 0. The third kappa shape index (κ3) is 6.98. The summed E-state index contributed by atoms with van der Waals surface area (Å²) in [5.41, 5.74) is 1.52. The van der Waals surface area contributed by atoms with Crippen molar-refractivity contribution in [1.29, 1.82) is 0 Å². The van der Waals surface area contributed by atoms with E-state index < -0.39 is 20.7 Å². The van der Waals surface area contributed by atoms with Gasteiger partial charge in [0.15, 0.2) is 0 Å². The van der Waals surface area contributed by atoms with Crippen LogP contribution in [0.4, 0.5) is 4.79 Å². The highest BCUT2D eigenvalue weighted by atomic mass is 35.7. The summed E-state index contributed by atoms with van der Waals surface area (Å²) in [5, 5.41) is 0.285. The monoisotopic (exact) mass is 479 g/mol. The number of hydrogen-bond acceptors (Lipinski definition) is 6. The highest BCUT2D eigenvalue weighted by Crippen LogP contribution is 2.26. The average Bonchev–Trinajstić information content (AvgIpc) is 3.14. The largest absolute Gasteiger partial charge is 0.444 e. The lowest BCUT2D eigenvalue weighted by Gasteiger charge is -2.27. The topological polar surface area (TPSA) is 86.0 Å². The van der Waals surface area contributed by atoms with E-state index in [1.807, 2.05) is 30.3 Å². The lowest BCUT2D eigenvalue weighted by Crippen LogP contribution is -2.38. The van der Waals surface area contributed by atoms with Crippen LogP contribution in [0.2, 0.25) is 0 Å². The van der Waals surface area contributed by atoms with E-state index in [0.717, 1.165) is 11.1 Å². The van der Waals surface area contributed by atoms with Gasteiger partial charge >= 0.3 is 6.09 Å². The van der Waals surface area contributed by atoms with Gasteiger partial charge in [-0.1, -0.05) is 42.5 Å². The van der Waals surface area contributed by atoms with Crippen molar-refractivity contribution in [2.24, 2.45) is 0 Å². The molecule has 0 aliphatic carbocycles. The quantitative estimate of drug-likeness (QED) is 0.321. The zero-order valence-electron chi connectivity index (χ0n) is 18.2. The molecule has 1 amide bonds. The zero-order chi connectivity index (χ0) is 23.4. The summed E-state index contributed by atoms with van der Waals surface area (Å²) >= 11 is 0. The molecule has 7 nitrogen and oxygen atoms in total. The molecule has 9 heteroatoms. The predicted octanol–water partition coefficient (Wildman–Crippen LogP) is 5.31. The van der Waals surface area contributed by atoms with Crippen molar-refractivity contribution in [3.05, 3.63) is 65.7 Å². The Bertz CT molecular complexity index is 1170. The van der Waals surface area contributed by atoms with E-state index >= 15 is 0 Å². The minimum absolute atomic E-state index is 0.239. The SMILES string of the molecule is CC(C)(C)OC(=O)N(CCOCc1ccccc1)Cc1ccc2cc(S(=O)(=O)Cl)oc2c1. The first-order chi connectivity index (χ1) is 15.0. The molecule has 0 saturated heterocycles. The van der Waals surface area contributed by atoms with E-state index in [1.165, 1.54) is 6.07 Å². The first-order valence-corrected chi connectivity index (χ1v) is 12.4. The lowest BCUT2D eigenvalue weighted by molar-refractivity contribution is 0.0145. The molecule has 0 unspecified atom stereocenters. The minimum atomic E-state index is -3.97. The molecule has 0 spiro atoms. The standard InChI is InChI=1S/C23H26ClNO6S/c1-23(2,3)31-22(26)25(11-12-29-16-17-7-5-4-6-8-17)15-18-9-10-19-14-21(32(24,27)28)30-20(19)13-18/h4-10,13-14H,11-12,15-16H2,1-3H3. The second kappa shape index (κ2) is 9.94. The van der Waals surface area contributed by atoms with Gasteiger partial charge in [0.25, 0.3) is 9.05 Å². The van der Waals surface area contributed by atoms with Gasteiger partial charge in [0.05, 0.1) is 13.2 Å². The van der Waals surface area contributed by atoms with E-state index in [0.29, 0.717) is 30.7 Å². The molecule has 3 rings (SSSR count). The molecule has 0 aliphatic heterocycles. The van der Waals surface area contributed by atoms with E-state index in [4.69, 9.17) is 24.6 Å². The number of fused-ring (bicyclic) bond motifs is 1. The summed E-state index contributed by atoms with van der Waals surface area (Å²) in [6.45, 7) is 6.74. The molecule has 2 aromatic carbocycles. The molecule has 0 radical (unpaired) electrons. The molecular formula is C23H26ClNO6S. The van der Waals surface area contributed by atoms with Crippen molar-refractivity contribution in [2.45, 2.75) is 44.6 Å². The van der Waals surface area contributed by atoms with Crippen molar-refractivity contribution in [3.8, 4) is 0 Å². The normalized spacial score (nSPS) is 12.1. The number of nitrogens with zero attached hydrogens (tertiary/aromatic N) is 1. The van der Waals surface area contributed by atoms with Crippen LogP contribution in [0.5, 0.6) is 0 Å². The summed E-state index contributed by atoms with van der Waals surface area (Å²) in [7, 11) is 1.40. The van der Waals surface area contributed by atoms with Gasteiger partial charge in [-0.05, 0) is 38.0 Å². The van der Waals surface area contributed by atoms with Crippen LogP contribution in [-0.2, 0) is 31.7 Å². The van der Waals surface area contributed by atoms with Crippen LogP contribution in [0.25, 0.3) is 11.0 Å². The number of carbonyl (C=O) groups excluding carboxylic acids is 1. The number of halogens is 1. The van der Waals surface area contributed by atoms with Crippen molar-refractivity contribution >= 4 is 36.8 Å². The van der Waals surface area contributed by atoms with E-state index in [1.54, 1.807) is 43.9 Å². The van der Waals surface area contributed by atoms with Gasteiger partial charge in [-0.15, -0.1) is 0 Å². The molecule has 0 aliphatic rings. The predicted molar refractivity (Wildman–Crippen MR) is 122 cm³/mol. The van der Waals surface area contributed by atoms with Crippen LogP contribution >= 0.6 is 10.7 Å². The van der Waals surface area contributed by atoms with Crippen molar-refractivity contribution < 1.29 is 27.1 Å². The number of benzene rings is 2. The Morgan fingerprint density at radius 2 is 1.78 bits per heavy atom. The van der Waals surface area contributed by atoms with E-state index in [-0.39, 0.29) is 11.6 Å². The van der Waals surface area contributed by atoms with Gasteiger partial charge < -0.3 is 18.8 Å². The van der Waals surface area contributed by atoms with E-state index in [9.17, 15) is 13.2 Å². The zero-order valence-corrected chi connectivity index (χ0v) is 19.8. The summed E-state index contributed by atoms with van der Waals surface area (Å²) in [5.74, 6) is 0. The number of furan rings is 1. The third-order valence-electron chi connectivity index (χ3n) is 4.44. The third-order valence-corrected chi connectivity index (χ3v) is 5.58. The highest BCUT2D eigenvalue weighted by molar-refractivity contribution is 8.13. The lowest BCUT2D eigenvalue weighted by atomic mass is 10.1. The maximum atomic E-state index is 12.8. The van der Waals surface area contributed by atoms with Gasteiger partial charge in [0.2, 0.25) is 5.09 Å². The molecule has 0 bridgehead atoms. The second-order valence-corrected chi connectivity index (χ2v) is 10.8. The van der Waals surface area contributed by atoms with Gasteiger partial charge in [-0.25, -0.2) is 13.2 Å². The maximum absolute atomic E-state index is 12.8. The Balaban J connectivity index is 1.71. The molecule has 0 N–H and O–H groups in total. The maximum Gasteiger partial charge on any atom is 0.410 e. The number of carbonyl (C=O) groups is 1. The first-order valence-electron chi connectivity index (χ1n) is 10.1. The summed E-state index contributed by atoms with van der Waals surface area (Å²) in [4.78, 5) is 14.3. The summed E-state index contributed by atoms with van der Waals surface area (Å²) < 4.78 is 39.7. The number of amides is 1. The number of ether oxygens (including phenoxy) is 2. The molecule has 1 heterocycles. The summed E-state index contributed by atoms with van der Waals surface area (Å²) in [6, 6.07) is 16.3. The summed E-state index contributed by atoms with van der Waals surface area (Å²) in [6.07, 6.45) is -0.468. The van der Waals surface area contributed by atoms with Gasteiger partial charge in [0, 0.05) is 35.2 Å². The highest BCUT2D eigenvalue weighted by Gasteiger charge is 2.23. The molecule has 0 atom stereocenters. The Kier molecular flexibility index (Phi) is 7.48. The first kappa shape index (κ1) is 24.1. The van der Waals surface area contributed by atoms with Crippen LogP contribution in [0.15, 0.2) is 64.1 Å². The molecule has 172 valence electrons. The van der Waals surface area contributed by atoms with Crippen LogP contribution < -0.4 is 0 Å². The van der Waals surface area contributed by atoms with Gasteiger partial charge in [0.1, 0.15) is 11.2 Å². The van der Waals surface area contributed by atoms with E-state index in [2.05, 4.69) is 0 Å². The molecule has 32 heavy (non-hydrogen) atoms. The Hall–Kier alpha value is -2.55. The molecule has 3 aromatic rings. The second-order valence-electron chi connectivity index (χ2n) is 8.32.